The molecule has 3 aromatic rings. The quantitative estimate of drug-likeness (QED) is 0.712. The lowest BCUT2D eigenvalue weighted by Gasteiger charge is -2.21. The summed E-state index contributed by atoms with van der Waals surface area (Å²) in [7, 11) is 0. The van der Waals surface area contributed by atoms with Crippen molar-refractivity contribution in [3.63, 3.8) is 0 Å². The lowest BCUT2D eigenvalue weighted by atomic mass is 9.88. The summed E-state index contributed by atoms with van der Waals surface area (Å²) in [4.78, 5) is 24.7. The molecule has 0 bridgehead atoms. The highest BCUT2D eigenvalue weighted by Crippen LogP contribution is 2.23. The number of hydrogen-bond donors (Lipinski definition) is 1. The second kappa shape index (κ2) is 8.61. The maximum absolute atomic E-state index is 13.1. The van der Waals surface area contributed by atoms with Crippen LogP contribution in [0.25, 0.3) is 5.69 Å². The number of nitrogens with zero attached hydrogens (tertiary/aromatic N) is 2. The molecule has 144 valence electrons. The monoisotopic (exact) mass is 379 g/mol. The number of hydrogen-bond acceptors (Lipinski definition) is 3. The smallest absolute Gasteiger partial charge is 0.271 e. The van der Waals surface area contributed by atoms with Crippen molar-refractivity contribution in [1.82, 2.24) is 15.1 Å². The van der Waals surface area contributed by atoms with Gasteiger partial charge in [-0.05, 0) is 41.8 Å². The molecule has 0 aliphatic rings. The van der Waals surface area contributed by atoms with Crippen molar-refractivity contribution in [3.8, 4) is 5.69 Å². The Kier molecular flexibility index (Phi) is 5.99. The first-order chi connectivity index (χ1) is 13.5. The third-order valence-electron chi connectivity index (χ3n) is 4.62. The average Bonchev–Trinajstić information content (AvgIpc) is 2.69. The lowest BCUT2D eigenvalue weighted by molar-refractivity contribution is 0.0942. The van der Waals surface area contributed by atoms with Gasteiger partial charge in [0.25, 0.3) is 11.5 Å². The number of carbonyl (C=O) groups is 1. The highest BCUT2D eigenvalue weighted by atomic mass is 19.1. The van der Waals surface area contributed by atoms with Crippen LogP contribution in [-0.4, -0.2) is 22.2 Å². The van der Waals surface area contributed by atoms with Gasteiger partial charge in [0, 0.05) is 18.5 Å². The maximum atomic E-state index is 13.1. The summed E-state index contributed by atoms with van der Waals surface area (Å²) < 4.78 is 14.2. The van der Waals surface area contributed by atoms with Crippen LogP contribution in [0.1, 0.15) is 35.8 Å². The van der Waals surface area contributed by atoms with Crippen molar-refractivity contribution in [2.45, 2.75) is 19.8 Å². The minimum atomic E-state index is -0.411. The predicted octanol–water partition coefficient (Wildman–Crippen LogP) is 3.54. The highest BCUT2D eigenvalue weighted by molar-refractivity contribution is 5.92. The largest absolute Gasteiger partial charge is 0.350 e. The fourth-order valence-electron chi connectivity index (χ4n) is 3.03. The van der Waals surface area contributed by atoms with Gasteiger partial charge in [-0.25, -0.2) is 4.39 Å². The molecule has 1 amide bonds. The zero-order chi connectivity index (χ0) is 20.1. The van der Waals surface area contributed by atoms with E-state index in [4.69, 9.17) is 0 Å². The Morgan fingerprint density at radius 3 is 2.36 bits per heavy atom. The molecule has 3 rings (SSSR count). The molecule has 1 heterocycles. The van der Waals surface area contributed by atoms with Crippen LogP contribution in [0.3, 0.4) is 0 Å². The molecule has 1 N–H and O–H groups in total. The van der Waals surface area contributed by atoms with Crippen LogP contribution in [0.5, 0.6) is 0 Å². The van der Waals surface area contributed by atoms with E-state index in [0.29, 0.717) is 18.2 Å². The third kappa shape index (κ3) is 4.52. The Balaban J connectivity index is 1.78. The van der Waals surface area contributed by atoms with Crippen molar-refractivity contribution in [1.29, 1.82) is 0 Å². The number of aromatic nitrogens is 2. The van der Waals surface area contributed by atoms with Gasteiger partial charge in [-0.3, -0.25) is 9.59 Å². The van der Waals surface area contributed by atoms with E-state index >= 15 is 0 Å². The molecular formula is C22H22FN3O2. The fourth-order valence-corrected chi connectivity index (χ4v) is 3.03. The van der Waals surface area contributed by atoms with Crippen LogP contribution >= 0.6 is 0 Å². The molecule has 0 aliphatic heterocycles. The SMILES string of the molecule is CC(C)C(CNC(=O)c1ccc(=O)n(-c2ccc(F)cc2)n1)c1ccccc1. The van der Waals surface area contributed by atoms with Gasteiger partial charge in [-0.15, -0.1) is 0 Å². The summed E-state index contributed by atoms with van der Waals surface area (Å²) in [6.45, 7) is 4.67. The number of amides is 1. The maximum Gasteiger partial charge on any atom is 0.271 e. The number of rotatable bonds is 6. The molecule has 0 saturated carbocycles. The molecule has 6 heteroatoms. The summed E-state index contributed by atoms with van der Waals surface area (Å²) in [5, 5.41) is 7.05. The highest BCUT2D eigenvalue weighted by Gasteiger charge is 2.18. The van der Waals surface area contributed by atoms with Crippen molar-refractivity contribution in [3.05, 3.63) is 94.2 Å². The molecule has 0 radical (unpaired) electrons. The summed E-state index contributed by atoms with van der Waals surface area (Å²) in [6.07, 6.45) is 0. The number of carbonyl (C=O) groups excluding carboxylic acids is 1. The van der Waals surface area contributed by atoms with Gasteiger partial charge in [-0.1, -0.05) is 44.2 Å². The molecule has 0 saturated heterocycles. The molecule has 1 unspecified atom stereocenters. The topological polar surface area (TPSA) is 64.0 Å². The van der Waals surface area contributed by atoms with Gasteiger partial charge in [-0.2, -0.15) is 9.78 Å². The molecule has 0 fully saturated rings. The summed E-state index contributed by atoms with van der Waals surface area (Å²) in [5.74, 6) is -0.277. The zero-order valence-corrected chi connectivity index (χ0v) is 15.8. The predicted molar refractivity (Wildman–Crippen MR) is 106 cm³/mol. The van der Waals surface area contributed by atoms with Gasteiger partial charge >= 0.3 is 0 Å². The van der Waals surface area contributed by atoms with E-state index in [2.05, 4.69) is 24.3 Å². The van der Waals surface area contributed by atoms with Crippen molar-refractivity contribution >= 4 is 5.91 Å². The lowest BCUT2D eigenvalue weighted by Crippen LogP contribution is -2.33. The summed E-state index contributed by atoms with van der Waals surface area (Å²) in [5.41, 5.74) is 1.28. The van der Waals surface area contributed by atoms with Crippen LogP contribution < -0.4 is 10.9 Å². The van der Waals surface area contributed by atoms with E-state index < -0.39 is 11.4 Å². The third-order valence-corrected chi connectivity index (χ3v) is 4.62. The first-order valence-electron chi connectivity index (χ1n) is 9.15. The van der Waals surface area contributed by atoms with Crippen molar-refractivity contribution in [2.24, 2.45) is 5.92 Å². The van der Waals surface area contributed by atoms with Crippen LogP contribution in [0.15, 0.2) is 71.5 Å². The zero-order valence-electron chi connectivity index (χ0n) is 15.8. The number of halogens is 1. The first kappa shape index (κ1) is 19.5. The second-order valence-corrected chi connectivity index (χ2v) is 6.92. The van der Waals surface area contributed by atoms with Crippen LogP contribution in [0, 0.1) is 11.7 Å². The molecule has 1 aromatic heterocycles. The molecule has 5 nitrogen and oxygen atoms in total. The first-order valence-corrected chi connectivity index (χ1v) is 9.15. The van der Waals surface area contributed by atoms with E-state index in [0.717, 1.165) is 10.2 Å². The molecule has 0 aliphatic carbocycles. The average molecular weight is 379 g/mol. The van der Waals surface area contributed by atoms with Gasteiger partial charge in [0.1, 0.15) is 11.5 Å². The minimum absolute atomic E-state index is 0.125. The van der Waals surface area contributed by atoms with E-state index in [1.165, 1.54) is 36.4 Å². The van der Waals surface area contributed by atoms with Gasteiger partial charge in [0.05, 0.1) is 5.69 Å². The van der Waals surface area contributed by atoms with Gasteiger partial charge < -0.3 is 5.32 Å². The van der Waals surface area contributed by atoms with Crippen LogP contribution in [-0.2, 0) is 0 Å². The molecule has 2 aromatic carbocycles. The van der Waals surface area contributed by atoms with E-state index in [9.17, 15) is 14.0 Å². The standard InChI is InChI=1S/C22H22FN3O2/c1-15(2)19(16-6-4-3-5-7-16)14-24-22(28)20-12-13-21(27)26(25-20)18-10-8-17(23)9-11-18/h3-13,15,19H,14H2,1-2H3,(H,24,28). The Morgan fingerprint density at radius 2 is 1.71 bits per heavy atom. The Hall–Kier alpha value is -3.28. The summed E-state index contributed by atoms with van der Waals surface area (Å²) in [6, 6.07) is 18.0. The van der Waals surface area contributed by atoms with Crippen molar-refractivity contribution in [2.75, 3.05) is 6.54 Å². The van der Waals surface area contributed by atoms with E-state index in [1.54, 1.807) is 0 Å². The van der Waals surface area contributed by atoms with Crippen molar-refractivity contribution < 1.29 is 9.18 Å². The normalized spacial score (nSPS) is 12.0. The van der Waals surface area contributed by atoms with E-state index in [-0.39, 0.29) is 17.5 Å². The molecule has 1 atom stereocenters. The minimum Gasteiger partial charge on any atom is -0.350 e. The summed E-state index contributed by atoms with van der Waals surface area (Å²) >= 11 is 0. The van der Waals surface area contributed by atoms with Crippen LogP contribution in [0.2, 0.25) is 0 Å². The molecular weight excluding hydrogens is 357 g/mol. The van der Waals surface area contributed by atoms with E-state index in [1.807, 2.05) is 30.3 Å². The number of nitrogens with one attached hydrogen (secondary N) is 1. The molecule has 28 heavy (non-hydrogen) atoms. The fraction of sp³-hybridized carbons (Fsp3) is 0.227. The van der Waals surface area contributed by atoms with Gasteiger partial charge in [0.2, 0.25) is 0 Å². The van der Waals surface area contributed by atoms with Gasteiger partial charge in [0.15, 0.2) is 0 Å². The molecule has 0 spiro atoms. The number of benzene rings is 2. The Labute approximate surface area is 162 Å². The second-order valence-electron chi connectivity index (χ2n) is 6.92. The Bertz CT molecular complexity index is 998. The Morgan fingerprint density at radius 1 is 1.04 bits per heavy atom. The van der Waals surface area contributed by atoms with Crippen LogP contribution in [0.4, 0.5) is 4.39 Å².